The lowest BCUT2D eigenvalue weighted by Gasteiger charge is -2.41. The van der Waals surface area contributed by atoms with Gasteiger partial charge in [0.25, 0.3) is 10.1 Å². The van der Waals surface area contributed by atoms with Crippen molar-refractivity contribution in [1.29, 1.82) is 0 Å². The molecule has 0 aromatic heterocycles. The Labute approximate surface area is 106 Å². The van der Waals surface area contributed by atoms with E-state index in [4.69, 9.17) is 4.18 Å². The number of hydrogen-bond acceptors (Lipinski definition) is 3. The summed E-state index contributed by atoms with van der Waals surface area (Å²) in [6.07, 6.45) is 1.64. The van der Waals surface area contributed by atoms with Gasteiger partial charge in [0, 0.05) is 5.41 Å². The Morgan fingerprint density at radius 2 is 1.59 bits per heavy atom. The summed E-state index contributed by atoms with van der Waals surface area (Å²) in [5.41, 5.74) is -1.05. The molecule has 0 N–H and O–H groups in total. The van der Waals surface area contributed by atoms with Gasteiger partial charge in [0.1, 0.15) is 4.75 Å². The molecule has 0 amide bonds. The fourth-order valence-electron chi connectivity index (χ4n) is 2.59. The van der Waals surface area contributed by atoms with Crippen molar-refractivity contribution in [2.75, 3.05) is 0 Å². The zero-order chi connectivity index (χ0) is 13.7. The summed E-state index contributed by atoms with van der Waals surface area (Å²) in [7, 11) is -3.51. The van der Waals surface area contributed by atoms with Gasteiger partial charge in [-0.15, -0.1) is 0 Å². The summed E-state index contributed by atoms with van der Waals surface area (Å²) < 4.78 is 29.3. The summed E-state index contributed by atoms with van der Waals surface area (Å²) in [5.74, 6) is 0.381. The van der Waals surface area contributed by atoms with Gasteiger partial charge < -0.3 is 0 Å². The van der Waals surface area contributed by atoms with Crippen LogP contribution >= 0.6 is 0 Å². The van der Waals surface area contributed by atoms with E-state index in [-0.39, 0.29) is 0 Å². The quantitative estimate of drug-likeness (QED) is 0.733. The zero-order valence-corrected chi connectivity index (χ0v) is 12.9. The molecule has 0 aromatic rings. The Morgan fingerprint density at radius 1 is 1.12 bits per heavy atom. The third-order valence-corrected chi connectivity index (χ3v) is 7.55. The van der Waals surface area contributed by atoms with E-state index in [1.54, 1.807) is 0 Å². The Bertz CT molecular complexity index is 395. The second-order valence-electron chi connectivity index (χ2n) is 6.62. The van der Waals surface area contributed by atoms with Crippen LogP contribution in [0.4, 0.5) is 0 Å². The average Bonchev–Trinajstić information content (AvgIpc) is 2.22. The maximum Gasteiger partial charge on any atom is 0.274 e. The first-order chi connectivity index (χ1) is 7.41. The molecule has 17 heavy (non-hydrogen) atoms. The van der Waals surface area contributed by atoms with E-state index in [1.165, 1.54) is 0 Å². The van der Waals surface area contributed by atoms with E-state index >= 15 is 0 Å². The molecule has 0 bridgehead atoms. The van der Waals surface area contributed by atoms with Crippen LogP contribution in [0.1, 0.15) is 61.3 Å². The predicted molar refractivity (Wildman–Crippen MR) is 70.3 cm³/mol. The average molecular weight is 262 g/mol. The van der Waals surface area contributed by atoms with E-state index in [0.717, 1.165) is 6.42 Å². The van der Waals surface area contributed by atoms with Crippen molar-refractivity contribution in [3.8, 4) is 0 Å². The van der Waals surface area contributed by atoms with Gasteiger partial charge in [-0.2, -0.15) is 8.42 Å². The summed E-state index contributed by atoms with van der Waals surface area (Å²) in [6, 6.07) is 0. The van der Waals surface area contributed by atoms with Gasteiger partial charge in [0.15, 0.2) is 0 Å². The first-order valence-corrected chi connectivity index (χ1v) is 7.77. The molecule has 0 aliphatic carbocycles. The highest BCUT2D eigenvalue weighted by molar-refractivity contribution is 7.88. The molecule has 0 saturated carbocycles. The maximum atomic E-state index is 12.3. The topological polar surface area (TPSA) is 43.4 Å². The molecule has 0 spiro atoms. The molecule has 0 aromatic carbocycles. The minimum absolute atomic E-state index is 0.381. The first-order valence-electron chi connectivity index (χ1n) is 6.36. The van der Waals surface area contributed by atoms with Crippen molar-refractivity contribution in [3.05, 3.63) is 0 Å². The van der Waals surface area contributed by atoms with Gasteiger partial charge >= 0.3 is 0 Å². The van der Waals surface area contributed by atoms with Crippen LogP contribution in [-0.2, 0) is 14.3 Å². The minimum Gasteiger partial charge on any atom is -0.263 e. The molecule has 1 aliphatic rings. The Balaban J connectivity index is 3.29. The fourth-order valence-corrected chi connectivity index (χ4v) is 4.89. The lowest BCUT2D eigenvalue weighted by Crippen LogP contribution is -2.50. The normalized spacial score (nSPS) is 35.7. The molecular formula is C13H26O3S. The molecule has 1 saturated heterocycles. The summed E-state index contributed by atoms with van der Waals surface area (Å²) in [5, 5.41) is 0. The van der Waals surface area contributed by atoms with E-state index in [0.29, 0.717) is 12.3 Å². The van der Waals surface area contributed by atoms with Crippen LogP contribution in [0.15, 0.2) is 0 Å². The summed E-state index contributed by atoms with van der Waals surface area (Å²) in [4.78, 5) is 0. The van der Waals surface area contributed by atoms with Gasteiger partial charge in [-0.1, -0.05) is 34.1 Å². The summed E-state index contributed by atoms with van der Waals surface area (Å²) >= 11 is 0. The van der Waals surface area contributed by atoms with Gasteiger partial charge in [0.2, 0.25) is 0 Å². The van der Waals surface area contributed by atoms with E-state index in [1.807, 2.05) is 34.6 Å². The molecule has 1 heterocycles. The standard InChI is InChI=1S/C13H26O3S/c1-8-10(2)9-13(7)11(3,4)12(5,6)16-17(13,14)15/h10H,8-9H2,1-7H3. The second-order valence-corrected chi connectivity index (χ2v) is 8.60. The molecule has 3 nitrogen and oxygen atoms in total. The van der Waals surface area contributed by atoms with Crippen LogP contribution in [0, 0.1) is 11.3 Å². The lowest BCUT2D eigenvalue weighted by molar-refractivity contribution is 0.0131. The Morgan fingerprint density at radius 3 is 1.88 bits per heavy atom. The molecule has 2 atom stereocenters. The van der Waals surface area contributed by atoms with Crippen LogP contribution in [0.3, 0.4) is 0 Å². The van der Waals surface area contributed by atoms with Crippen molar-refractivity contribution in [3.63, 3.8) is 0 Å². The van der Waals surface area contributed by atoms with Crippen molar-refractivity contribution < 1.29 is 12.6 Å². The van der Waals surface area contributed by atoms with Crippen LogP contribution < -0.4 is 0 Å². The molecule has 1 aliphatic heterocycles. The minimum atomic E-state index is -3.51. The Kier molecular flexibility index (Phi) is 3.48. The van der Waals surface area contributed by atoms with Crippen molar-refractivity contribution in [2.24, 2.45) is 11.3 Å². The van der Waals surface area contributed by atoms with Crippen LogP contribution in [-0.4, -0.2) is 18.8 Å². The van der Waals surface area contributed by atoms with Crippen LogP contribution in [0.25, 0.3) is 0 Å². The van der Waals surface area contributed by atoms with Gasteiger partial charge in [-0.3, -0.25) is 4.18 Å². The third-order valence-electron chi connectivity index (χ3n) is 5.13. The molecule has 0 radical (unpaired) electrons. The van der Waals surface area contributed by atoms with E-state index < -0.39 is 25.9 Å². The maximum absolute atomic E-state index is 12.3. The largest absolute Gasteiger partial charge is 0.274 e. The van der Waals surface area contributed by atoms with Crippen molar-refractivity contribution >= 4 is 10.1 Å². The van der Waals surface area contributed by atoms with E-state index in [2.05, 4.69) is 13.8 Å². The number of rotatable bonds is 3. The molecule has 102 valence electrons. The van der Waals surface area contributed by atoms with Crippen molar-refractivity contribution in [2.45, 2.75) is 71.7 Å². The third kappa shape index (κ3) is 1.93. The molecule has 1 rings (SSSR count). The first kappa shape index (κ1) is 15.0. The van der Waals surface area contributed by atoms with Crippen molar-refractivity contribution in [1.82, 2.24) is 0 Å². The molecular weight excluding hydrogens is 236 g/mol. The predicted octanol–water partition coefficient (Wildman–Crippen LogP) is 3.35. The monoisotopic (exact) mass is 262 g/mol. The fraction of sp³-hybridized carbons (Fsp3) is 1.00. The van der Waals surface area contributed by atoms with E-state index in [9.17, 15) is 8.42 Å². The molecule has 4 heteroatoms. The second kappa shape index (κ2) is 3.95. The summed E-state index contributed by atoms with van der Waals surface area (Å²) in [6.45, 7) is 13.8. The zero-order valence-electron chi connectivity index (χ0n) is 12.1. The van der Waals surface area contributed by atoms with Gasteiger partial charge in [-0.05, 0) is 33.1 Å². The van der Waals surface area contributed by atoms with Crippen LogP contribution in [0.5, 0.6) is 0 Å². The SMILES string of the molecule is CCC(C)CC1(C)C(C)(C)C(C)(C)OS1(=O)=O. The van der Waals surface area contributed by atoms with Gasteiger partial charge in [0.05, 0.1) is 5.60 Å². The molecule has 2 unspecified atom stereocenters. The van der Waals surface area contributed by atoms with Gasteiger partial charge in [-0.25, -0.2) is 0 Å². The molecule has 1 fully saturated rings. The highest BCUT2D eigenvalue weighted by atomic mass is 32.2. The van der Waals surface area contributed by atoms with Crippen LogP contribution in [0.2, 0.25) is 0 Å². The Hall–Kier alpha value is -0.0900. The number of hydrogen-bond donors (Lipinski definition) is 0. The smallest absolute Gasteiger partial charge is 0.263 e. The highest BCUT2D eigenvalue weighted by Gasteiger charge is 2.66. The highest BCUT2D eigenvalue weighted by Crippen LogP contribution is 2.57. The lowest BCUT2D eigenvalue weighted by atomic mass is 9.65.